The molecule has 3 rings (SSSR count). The third-order valence-electron chi connectivity index (χ3n) is 4.45. The molecule has 0 spiro atoms. The number of nitrogens with zero attached hydrogens (tertiary/aromatic N) is 2. The number of hydrogen-bond acceptors (Lipinski definition) is 1. The van der Waals surface area contributed by atoms with Gasteiger partial charge in [0.2, 0.25) is 6.33 Å². The molecule has 3 aromatic rings. The number of hydrogen-bond donors (Lipinski definition) is 1. The van der Waals surface area contributed by atoms with Crippen molar-refractivity contribution in [1.82, 2.24) is 4.57 Å². The molecule has 0 atom stereocenters. The number of imidazole rings is 1. The number of aromatic nitrogens is 2. The summed E-state index contributed by atoms with van der Waals surface area (Å²) in [6, 6.07) is 14.8. The van der Waals surface area contributed by atoms with Gasteiger partial charge in [0.15, 0.2) is 0 Å². The molecule has 136 valence electrons. The minimum absolute atomic E-state index is 0.175. The summed E-state index contributed by atoms with van der Waals surface area (Å²) in [6.45, 7) is 1.40. The molecule has 0 saturated heterocycles. The van der Waals surface area contributed by atoms with E-state index >= 15 is 0 Å². The van der Waals surface area contributed by atoms with Crippen molar-refractivity contribution < 1.29 is 14.5 Å². The fourth-order valence-corrected chi connectivity index (χ4v) is 3.49. The molecule has 2 aromatic carbocycles. The van der Waals surface area contributed by atoms with Crippen LogP contribution in [-0.4, -0.2) is 15.6 Å². The summed E-state index contributed by atoms with van der Waals surface area (Å²) < 4.78 is 3.82. The van der Waals surface area contributed by atoms with Crippen LogP contribution in [0, 0.1) is 0 Å². The van der Waals surface area contributed by atoms with Crippen molar-refractivity contribution in [3.05, 3.63) is 64.7 Å². The highest BCUT2D eigenvalue weighted by Gasteiger charge is 2.19. The van der Waals surface area contributed by atoms with Crippen molar-refractivity contribution in [2.24, 2.45) is 0 Å². The van der Waals surface area contributed by atoms with Gasteiger partial charge in [-0.05, 0) is 52.4 Å². The lowest BCUT2D eigenvalue weighted by Gasteiger charge is -2.03. The van der Waals surface area contributed by atoms with Crippen LogP contribution in [0.1, 0.15) is 24.8 Å². The number of aliphatic carboxylic acids is 1. The molecule has 6 heteroatoms. The number of carbonyl (C=O) groups is 1. The maximum Gasteiger partial charge on any atom is 0.303 e. The van der Waals surface area contributed by atoms with Gasteiger partial charge in [-0.15, -0.1) is 0 Å². The summed E-state index contributed by atoms with van der Waals surface area (Å²) in [4.78, 5) is 10.6. The minimum atomic E-state index is -0.771. The first-order valence-electron chi connectivity index (χ1n) is 8.67. The molecule has 4 nitrogen and oxygen atoms in total. The van der Waals surface area contributed by atoms with Crippen LogP contribution >= 0.6 is 23.2 Å². The van der Waals surface area contributed by atoms with Crippen LogP contribution in [0.5, 0.6) is 0 Å². The van der Waals surface area contributed by atoms with E-state index in [0.717, 1.165) is 19.4 Å². The standard InChI is InChI=1S/C20H20Cl2N2O2/c21-19-20(22)24(14-23(19)11-4-3-7-18(25)26)12-10-15-8-9-16-5-1-2-6-17(16)13-15/h1-2,5-6,8-9,13-14H,3-4,7,10-12H2/p+1. The lowest BCUT2D eigenvalue weighted by Crippen LogP contribution is -2.32. The van der Waals surface area contributed by atoms with Gasteiger partial charge in [0, 0.05) is 12.8 Å². The summed E-state index contributed by atoms with van der Waals surface area (Å²) in [5, 5.41) is 12.2. The van der Waals surface area contributed by atoms with E-state index in [1.165, 1.54) is 16.3 Å². The van der Waals surface area contributed by atoms with E-state index in [4.69, 9.17) is 28.3 Å². The number of carboxylic acids is 1. The van der Waals surface area contributed by atoms with Crippen LogP contribution in [0.4, 0.5) is 0 Å². The summed E-state index contributed by atoms with van der Waals surface area (Å²) >= 11 is 12.7. The highest BCUT2D eigenvalue weighted by atomic mass is 35.5. The highest BCUT2D eigenvalue weighted by molar-refractivity contribution is 6.39. The smallest absolute Gasteiger partial charge is 0.303 e. The number of carboxylic acid groups (broad SMARTS) is 1. The summed E-state index contributed by atoms with van der Waals surface area (Å²) in [7, 11) is 0. The monoisotopic (exact) mass is 391 g/mol. The first-order chi connectivity index (χ1) is 12.5. The second-order valence-corrected chi connectivity index (χ2v) is 7.08. The highest BCUT2D eigenvalue weighted by Crippen LogP contribution is 2.20. The lowest BCUT2D eigenvalue weighted by atomic mass is 10.1. The predicted molar refractivity (Wildman–Crippen MR) is 104 cm³/mol. The van der Waals surface area contributed by atoms with Crippen molar-refractivity contribution in [3.8, 4) is 0 Å². The number of aryl methyl sites for hydroxylation is 3. The van der Waals surface area contributed by atoms with Crippen molar-refractivity contribution in [2.45, 2.75) is 38.8 Å². The van der Waals surface area contributed by atoms with Gasteiger partial charge in [0.05, 0.1) is 13.1 Å². The van der Waals surface area contributed by atoms with Crippen LogP contribution in [-0.2, 0) is 24.3 Å². The third kappa shape index (κ3) is 4.57. The zero-order valence-electron chi connectivity index (χ0n) is 14.4. The van der Waals surface area contributed by atoms with Crippen LogP contribution in [0.3, 0.4) is 0 Å². The predicted octanol–water partition coefficient (Wildman–Crippen LogP) is 4.73. The number of rotatable bonds is 8. The third-order valence-corrected chi connectivity index (χ3v) is 5.34. The van der Waals surface area contributed by atoms with E-state index in [2.05, 4.69) is 30.3 Å². The second kappa shape index (κ2) is 8.56. The molecule has 0 aliphatic rings. The first-order valence-corrected chi connectivity index (χ1v) is 9.43. The normalized spacial score (nSPS) is 11.2. The van der Waals surface area contributed by atoms with Crippen LogP contribution in [0.2, 0.25) is 10.3 Å². The fraction of sp³-hybridized carbons (Fsp3) is 0.300. The van der Waals surface area contributed by atoms with E-state index in [9.17, 15) is 4.79 Å². The molecule has 0 aliphatic heterocycles. The average molecular weight is 392 g/mol. The molecule has 0 unspecified atom stereocenters. The van der Waals surface area contributed by atoms with E-state index in [1.807, 2.05) is 27.6 Å². The Morgan fingerprint density at radius 2 is 1.85 bits per heavy atom. The topological polar surface area (TPSA) is 46.1 Å². The molecule has 0 saturated carbocycles. The molecular formula is C20H21Cl2N2O2+. The van der Waals surface area contributed by atoms with Gasteiger partial charge in [-0.3, -0.25) is 4.79 Å². The van der Waals surface area contributed by atoms with Crippen LogP contribution in [0.25, 0.3) is 10.8 Å². The Kier molecular flexibility index (Phi) is 6.17. The molecule has 0 bridgehead atoms. The van der Waals surface area contributed by atoms with Gasteiger partial charge in [0.1, 0.15) is 0 Å². The van der Waals surface area contributed by atoms with Gasteiger partial charge >= 0.3 is 5.97 Å². The van der Waals surface area contributed by atoms with Crippen molar-refractivity contribution in [2.75, 3.05) is 0 Å². The van der Waals surface area contributed by atoms with Crippen LogP contribution < -0.4 is 4.57 Å². The van der Waals surface area contributed by atoms with E-state index in [0.29, 0.717) is 23.3 Å². The molecule has 0 fully saturated rings. The minimum Gasteiger partial charge on any atom is -0.481 e. The largest absolute Gasteiger partial charge is 0.481 e. The number of fused-ring (bicyclic) bond motifs is 1. The molecule has 0 amide bonds. The molecule has 1 aromatic heterocycles. The molecular weight excluding hydrogens is 371 g/mol. The molecule has 1 heterocycles. The average Bonchev–Trinajstić information content (AvgIpc) is 2.91. The molecule has 1 N–H and O–H groups in total. The van der Waals surface area contributed by atoms with E-state index in [-0.39, 0.29) is 6.42 Å². The van der Waals surface area contributed by atoms with Crippen molar-refractivity contribution >= 4 is 39.9 Å². The molecule has 26 heavy (non-hydrogen) atoms. The number of halogens is 2. The fourth-order valence-electron chi connectivity index (χ4n) is 3.02. The lowest BCUT2D eigenvalue weighted by molar-refractivity contribution is -0.694. The zero-order chi connectivity index (χ0) is 18.5. The maximum atomic E-state index is 10.6. The summed E-state index contributed by atoms with van der Waals surface area (Å²) in [5.41, 5.74) is 1.25. The van der Waals surface area contributed by atoms with Gasteiger partial charge in [-0.25, -0.2) is 9.13 Å². The van der Waals surface area contributed by atoms with Gasteiger partial charge in [-0.1, -0.05) is 42.5 Å². The Hall–Kier alpha value is -2.04. The Balaban J connectivity index is 1.63. The Morgan fingerprint density at radius 1 is 1.08 bits per heavy atom. The zero-order valence-corrected chi connectivity index (χ0v) is 15.9. The SMILES string of the molecule is O=C(O)CCCC[n+]1cn(CCc2ccc3ccccc3c2)c(Cl)c1Cl. The van der Waals surface area contributed by atoms with Gasteiger partial charge in [-0.2, -0.15) is 0 Å². The molecule has 0 radical (unpaired) electrons. The number of unbranched alkanes of at least 4 members (excludes halogenated alkanes) is 1. The van der Waals surface area contributed by atoms with E-state index in [1.54, 1.807) is 0 Å². The van der Waals surface area contributed by atoms with Crippen LogP contribution in [0.15, 0.2) is 48.8 Å². The van der Waals surface area contributed by atoms with Crippen molar-refractivity contribution in [1.29, 1.82) is 0 Å². The Bertz CT molecular complexity index is 921. The summed E-state index contributed by atoms with van der Waals surface area (Å²) in [5.74, 6) is -0.771. The second-order valence-electron chi connectivity index (χ2n) is 6.37. The Morgan fingerprint density at radius 3 is 2.62 bits per heavy atom. The van der Waals surface area contributed by atoms with Gasteiger partial charge < -0.3 is 5.11 Å². The van der Waals surface area contributed by atoms with Crippen molar-refractivity contribution in [3.63, 3.8) is 0 Å². The molecule has 0 aliphatic carbocycles. The summed E-state index contributed by atoms with van der Waals surface area (Å²) in [6.07, 6.45) is 4.32. The maximum absolute atomic E-state index is 10.6. The van der Waals surface area contributed by atoms with Gasteiger partial charge in [0.25, 0.3) is 10.3 Å². The van der Waals surface area contributed by atoms with E-state index < -0.39 is 5.97 Å². The number of benzene rings is 2. The quantitative estimate of drug-likeness (QED) is 0.445. The Labute approximate surface area is 162 Å². The first kappa shape index (κ1) is 18.7.